The van der Waals surface area contributed by atoms with Gasteiger partial charge in [-0.1, -0.05) is 15.9 Å². The Kier molecular flexibility index (Phi) is 2.33. The molecule has 14 heavy (non-hydrogen) atoms. The molecule has 1 aromatic heterocycles. The van der Waals surface area contributed by atoms with Crippen LogP contribution in [0.4, 0.5) is 4.39 Å². The second-order valence-corrected chi connectivity index (χ2v) is 4.05. The number of nitrogens with zero attached hydrogens (tertiary/aromatic N) is 1. The molecule has 2 aromatic rings. The van der Waals surface area contributed by atoms with Crippen molar-refractivity contribution in [3.05, 3.63) is 34.2 Å². The third-order valence-corrected chi connectivity index (χ3v) is 2.86. The number of aliphatic hydroxyl groups excluding tert-OH is 1. The first-order chi connectivity index (χ1) is 6.65. The number of rotatable bonds is 1. The first kappa shape index (κ1) is 9.68. The van der Waals surface area contributed by atoms with E-state index in [0.29, 0.717) is 11.1 Å². The van der Waals surface area contributed by atoms with Crippen molar-refractivity contribution in [2.24, 2.45) is 7.05 Å². The summed E-state index contributed by atoms with van der Waals surface area (Å²) in [6, 6.07) is 5.38. The van der Waals surface area contributed by atoms with E-state index in [2.05, 4.69) is 15.9 Å². The van der Waals surface area contributed by atoms with Gasteiger partial charge in [0.1, 0.15) is 0 Å². The Hall–Kier alpha value is -0.870. The summed E-state index contributed by atoms with van der Waals surface area (Å²) in [6.45, 7) is -0.283. The van der Waals surface area contributed by atoms with Crippen LogP contribution in [-0.4, -0.2) is 9.67 Å². The molecule has 0 aliphatic carbocycles. The van der Waals surface area contributed by atoms with Gasteiger partial charge >= 0.3 is 0 Å². The molecule has 0 bridgehead atoms. The van der Waals surface area contributed by atoms with Gasteiger partial charge in [-0.2, -0.15) is 0 Å². The van der Waals surface area contributed by atoms with Gasteiger partial charge in [0, 0.05) is 16.9 Å². The molecule has 0 fully saturated rings. The molecule has 0 saturated heterocycles. The van der Waals surface area contributed by atoms with Gasteiger partial charge in [-0.15, -0.1) is 0 Å². The lowest BCUT2D eigenvalue weighted by Crippen LogP contribution is -1.96. The van der Waals surface area contributed by atoms with Crippen LogP contribution in [0, 0.1) is 5.82 Å². The van der Waals surface area contributed by atoms with Gasteiger partial charge in [-0.25, -0.2) is 4.39 Å². The van der Waals surface area contributed by atoms with E-state index in [9.17, 15) is 4.39 Å². The van der Waals surface area contributed by atoms with Crippen molar-refractivity contribution >= 4 is 26.8 Å². The average molecular weight is 258 g/mol. The van der Waals surface area contributed by atoms with E-state index in [1.54, 1.807) is 17.7 Å². The van der Waals surface area contributed by atoms with E-state index in [1.807, 2.05) is 12.1 Å². The van der Waals surface area contributed by atoms with Crippen molar-refractivity contribution in [3.63, 3.8) is 0 Å². The summed E-state index contributed by atoms with van der Waals surface area (Å²) in [5, 5.41) is 9.53. The average Bonchev–Trinajstić information content (AvgIpc) is 2.39. The molecule has 4 heteroatoms. The second kappa shape index (κ2) is 3.37. The highest BCUT2D eigenvalue weighted by molar-refractivity contribution is 9.10. The molecule has 0 amide bonds. The zero-order valence-corrected chi connectivity index (χ0v) is 9.18. The topological polar surface area (TPSA) is 25.2 Å². The van der Waals surface area contributed by atoms with Crippen molar-refractivity contribution in [2.45, 2.75) is 6.61 Å². The van der Waals surface area contributed by atoms with E-state index >= 15 is 0 Å². The van der Waals surface area contributed by atoms with Crippen molar-refractivity contribution in [3.8, 4) is 0 Å². The lowest BCUT2D eigenvalue weighted by Gasteiger charge is -1.99. The van der Waals surface area contributed by atoms with E-state index in [-0.39, 0.29) is 12.4 Å². The highest BCUT2D eigenvalue weighted by Gasteiger charge is 2.13. The summed E-state index contributed by atoms with van der Waals surface area (Å²) in [5.74, 6) is -0.341. The monoisotopic (exact) mass is 257 g/mol. The summed E-state index contributed by atoms with van der Waals surface area (Å²) in [5.41, 5.74) is 1.10. The Morgan fingerprint density at radius 3 is 2.86 bits per heavy atom. The van der Waals surface area contributed by atoms with Crippen LogP contribution >= 0.6 is 15.9 Å². The minimum absolute atomic E-state index is 0.283. The predicted molar refractivity (Wildman–Crippen MR) is 56.5 cm³/mol. The smallest absolute Gasteiger partial charge is 0.154 e. The standard InChI is InChI=1S/C10H9BrFNO/c1-13-8-3-2-6(11)4-7(8)10(12)9(13)5-14/h2-4,14H,5H2,1H3. The number of hydrogen-bond donors (Lipinski definition) is 1. The maximum atomic E-state index is 13.7. The number of aryl methyl sites for hydroxylation is 1. The van der Waals surface area contributed by atoms with E-state index in [0.717, 1.165) is 9.99 Å². The first-order valence-electron chi connectivity index (χ1n) is 4.18. The minimum atomic E-state index is -0.341. The maximum absolute atomic E-state index is 13.7. The normalized spacial score (nSPS) is 11.1. The molecule has 0 spiro atoms. The van der Waals surface area contributed by atoms with Crippen LogP contribution in [0.1, 0.15) is 5.69 Å². The fourth-order valence-electron chi connectivity index (χ4n) is 1.60. The number of aromatic nitrogens is 1. The van der Waals surface area contributed by atoms with E-state index in [4.69, 9.17) is 5.11 Å². The Bertz CT molecular complexity index is 492. The SMILES string of the molecule is Cn1c(CO)c(F)c2cc(Br)ccc21. The minimum Gasteiger partial charge on any atom is -0.390 e. The Labute approximate surface area is 89.1 Å². The van der Waals surface area contributed by atoms with Gasteiger partial charge < -0.3 is 9.67 Å². The summed E-state index contributed by atoms with van der Waals surface area (Å²) in [6.07, 6.45) is 0. The van der Waals surface area contributed by atoms with Crippen molar-refractivity contribution < 1.29 is 9.50 Å². The summed E-state index contributed by atoms with van der Waals surface area (Å²) in [7, 11) is 1.74. The van der Waals surface area contributed by atoms with Crippen molar-refractivity contribution in [1.82, 2.24) is 4.57 Å². The third kappa shape index (κ3) is 1.26. The molecule has 0 aliphatic rings. The van der Waals surface area contributed by atoms with Gasteiger partial charge in [0.05, 0.1) is 17.8 Å². The quantitative estimate of drug-likeness (QED) is 0.835. The molecular weight excluding hydrogens is 249 g/mol. The number of fused-ring (bicyclic) bond motifs is 1. The zero-order valence-electron chi connectivity index (χ0n) is 7.59. The van der Waals surface area contributed by atoms with Crippen LogP contribution < -0.4 is 0 Å². The molecule has 1 aromatic carbocycles. The van der Waals surface area contributed by atoms with Crippen LogP contribution in [-0.2, 0) is 13.7 Å². The third-order valence-electron chi connectivity index (χ3n) is 2.36. The van der Waals surface area contributed by atoms with Gasteiger partial charge in [0.15, 0.2) is 5.82 Å². The molecule has 0 unspecified atom stereocenters. The van der Waals surface area contributed by atoms with E-state index in [1.165, 1.54) is 0 Å². The van der Waals surface area contributed by atoms with Crippen LogP contribution in [0.5, 0.6) is 0 Å². The summed E-state index contributed by atoms with van der Waals surface area (Å²) >= 11 is 3.28. The second-order valence-electron chi connectivity index (χ2n) is 3.14. The molecule has 0 atom stereocenters. The first-order valence-corrected chi connectivity index (χ1v) is 4.97. The fraction of sp³-hybridized carbons (Fsp3) is 0.200. The van der Waals surface area contributed by atoms with Crippen LogP contribution in [0.2, 0.25) is 0 Å². The molecule has 2 nitrogen and oxygen atoms in total. The summed E-state index contributed by atoms with van der Waals surface area (Å²) < 4.78 is 16.2. The van der Waals surface area contributed by atoms with Gasteiger partial charge in [0.2, 0.25) is 0 Å². The fourth-order valence-corrected chi connectivity index (χ4v) is 1.96. The van der Waals surface area contributed by atoms with Gasteiger partial charge in [0.25, 0.3) is 0 Å². The molecule has 0 radical (unpaired) electrons. The molecule has 1 N–H and O–H groups in total. The Morgan fingerprint density at radius 1 is 1.50 bits per heavy atom. The largest absolute Gasteiger partial charge is 0.390 e. The van der Waals surface area contributed by atoms with Crippen LogP contribution in [0.3, 0.4) is 0 Å². The molecule has 2 rings (SSSR count). The number of hydrogen-bond acceptors (Lipinski definition) is 1. The van der Waals surface area contributed by atoms with E-state index < -0.39 is 0 Å². The van der Waals surface area contributed by atoms with Crippen molar-refractivity contribution in [2.75, 3.05) is 0 Å². The highest BCUT2D eigenvalue weighted by atomic mass is 79.9. The van der Waals surface area contributed by atoms with Crippen LogP contribution in [0.15, 0.2) is 22.7 Å². The molecule has 0 aliphatic heterocycles. The highest BCUT2D eigenvalue weighted by Crippen LogP contribution is 2.26. The lowest BCUT2D eigenvalue weighted by atomic mass is 10.2. The molecule has 1 heterocycles. The number of aliphatic hydroxyl groups is 1. The summed E-state index contributed by atoms with van der Waals surface area (Å²) in [4.78, 5) is 0. The Balaban J connectivity index is 2.87. The Morgan fingerprint density at radius 2 is 2.21 bits per heavy atom. The van der Waals surface area contributed by atoms with Gasteiger partial charge in [-0.05, 0) is 18.2 Å². The van der Waals surface area contributed by atoms with Crippen LogP contribution in [0.25, 0.3) is 10.9 Å². The van der Waals surface area contributed by atoms with Crippen molar-refractivity contribution in [1.29, 1.82) is 0 Å². The van der Waals surface area contributed by atoms with Gasteiger partial charge in [-0.3, -0.25) is 0 Å². The molecule has 74 valence electrons. The number of halogens is 2. The maximum Gasteiger partial charge on any atom is 0.154 e. The molecule has 0 saturated carbocycles. The zero-order chi connectivity index (χ0) is 10.3. The predicted octanol–water partition coefficient (Wildman–Crippen LogP) is 2.57. The number of benzene rings is 1. The lowest BCUT2D eigenvalue weighted by molar-refractivity contribution is 0.267. The molecular formula is C10H9BrFNO.